The molecule has 0 aliphatic carbocycles. The molecule has 0 amide bonds. The molecule has 0 saturated heterocycles. The molecular weight excluding hydrogens is 248 g/mol. The van der Waals surface area contributed by atoms with E-state index >= 15 is 0 Å². The van der Waals surface area contributed by atoms with Crippen LogP contribution in [0.15, 0.2) is 48.5 Å². The van der Waals surface area contributed by atoms with Gasteiger partial charge in [0, 0.05) is 19.8 Å². The summed E-state index contributed by atoms with van der Waals surface area (Å²) in [6.07, 6.45) is 0.843. The number of ether oxygens (including phenoxy) is 1. The Balaban J connectivity index is 2.01. The monoisotopic (exact) mass is 270 g/mol. The number of anilines is 1. The highest BCUT2D eigenvalue weighted by Gasteiger charge is 2.03. The fourth-order valence-electron chi connectivity index (χ4n) is 2.06. The molecule has 0 unspecified atom stereocenters. The van der Waals surface area contributed by atoms with Gasteiger partial charge in [-0.3, -0.25) is 0 Å². The molecule has 2 rings (SSSR count). The Kier molecular flexibility index (Phi) is 5.02. The molecule has 2 N–H and O–H groups in total. The van der Waals surface area contributed by atoms with Crippen molar-refractivity contribution in [1.82, 2.24) is 0 Å². The largest absolute Gasteiger partial charge is 0.489 e. The van der Waals surface area contributed by atoms with Crippen molar-refractivity contribution in [3.8, 4) is 5.75 Å². The molecule has 3 heteroatoms. The summed E-state index contributed by atoms with van der Waals surface area (Å²) in [6.45, 7) is 1.22. The topological polar surface area (TPSA) is 38.5 Å². The highest BCUT2D eigenvalue weighted by Crippen LogP contribution is 2.20. The zero-order valence-corrected chi connectivity index (χ0v) is 12.2. The maximum Gasteiger partial charge on any atom is 0.123 e. The van der Waals surface area contributed by atoms with E-state index in [1.54, 1.807) is 0 Å². The maximum atomic E-state index is 5.91. The zero-order valence-electron chi connectivity index (χ0n) is 12.2. The van der Waals surface area contributed by atoms with E-state index in [2.05, 4.69) is 35.2 Å². The van der Waals surface area contributed by atoms with Crippen molar-refractivity contribution in [3.05, 3.63) is 59.7 Å². The smallest absolute Gasteiger partial charge is 0.123 e. The molecule has 0 radical (unpaired) electrons. The molecular formula is C17H22N2O. The van der Waals surface area contributed by atoms with Gasteiger partial charge >= 0.3 is 0 Å². The molecule has 20 heavy (non-hydrogen) atoms. The second-order valence-corrected chi connectivity index (χ2v) is 5.00. The van der Waals surface area contributed by atoms with E-state index in [4.69, 9.17) is 10.5 Å². The number of hydrogen-bond donors (Lipinski definition) is 1. The number of nitrogens with two attached hydrogens (primary N) is 1. The lowest BCUT2D eigenvalue weighted by atomic mass is 10.1. The van der Waals surface area contributed by atoms with Gasteiger partial charge in [0.2, 0.25) is 0 Å². The summed E-state index contributed by atoms with van der Waals surface area (Å²) in [5.41, 5.74) is 9.14. The molecule has 106 valence electrons. The molecule has 0 aliphatic rings. The molecule has 0 aromatic heterocycles. The Labute approximate surface area is 121 Å². The standard InChI is InChI=1S/C17H22N2O/c1-19(2)16-9-7-14(8-10-16)13-20-17-6-4-3-5-15(17)11-12-18/h3-10H,11-13,18H2,1-2H3. The predicted octanol–water partition coefficient (Wildman–Crippen LogP) is 2.83. The summed E-state index contributed by atoms with van der Waals surface area (Å²) in [5.74, 6) is 0.926. The molecule has 0 bridgehead atoms. The van der Waals surface area contributed by atoms with Crippen molar-refractivity contribution in [2.75, 3.05) is 25.5 Å². The highest BCUT2D eigenvalue weighted by atomic mass is 16.5. The van der Waals surface area contributed by atoms with Crippen LogP contribution in [0.5, 0.6) is 5.75 Å². The fourth-order valence-corrected chi connectivity index (χ4v) is 2.06. The minimum absolute atomic E-state index is 0.579. The second-order valence-electron chi connectivity index (χ2n) is 5.00. The normalized spacial score (nSPS) is 10.3. The number of para-hydroxylation sites is 1. The van der Waals surface area contributed by atoms with Gasteiger partial charge in [0.05, 0.1) is 0 Å². The first-order valence-corrected chi connectivity index (χ1v) is 6.87. The minimum atomic E-state index is 0.579. The van der Waals surface area contributed by atoms with Gasteiger partial charge in [0.1, 0.15) is 12.4 Å². The number of hydrogen-bond acceptors (Lipinski definition) is 3. The van der Waals surface area contributed by atoms with E-state index in [0.29, 0.717) is 13.2 Å². The van der Waals surface area contributed by atoms with Gasteiger partial charge in [0.25, 0.3) is 0 Å². The first-order valence-electron chi connectivity index (χ1n) is 6.87. The van der Waals surface area contributed by atoms with E-state index in [9.17, 15) is 0 Å². The number of rotatable bonds is 6. The van der Waals surface area contributed by atoms with Crippen molar-refractivity contribution in [2.45, 2.75) is 13.0 Å². The van der Waals surface area contributed by atoms with Gasteiger partial charge in [-0.15, -0.1) is 0 Å². The fraction of sp³-hybridized carbons (Fsp3) is 0.294. The SMILES string of the molecule is CN(C)c1ccc(COc2ccccc2CCN)cc1. The van der Waals surface area contributed by atoms with Crippen molar-refractivity contribution in [2.24, 2.45) is 5.73 Å². The van der Waals surface area contributed by atoms with Gasteiger partial charge in [-0.1, -0.05) is 30.3 Å². The van der Waals surface area contributed by atoms with E-state index in [1.165, 1.54) is 11.3 Å². The summed E-state index contributed by atoms with van der Waals surface area (Å²) in [7, 11) is 4.07. The number of benzene rings is 2. The minimum Gasteiger partial charge on any atom is -0.489 e. The molecule has 2 aromatic rings. The Bertz CT molecular complexity index is 535. The third-order valence-corrected chi connectivity index (χ3v) is 3.23. The average Bonchev–Trinajstić information content (AvgIpc) is 2.47. The molecule has 3 nitrogen and oxygen atoms in total. The van der Waals surface area contributed by atoms with Gasteiger partial charge < -0.3 is 15.4 Å². The molecule has 2 aromatic carbocycles. The van der Waals surface area contributed by atoms with Crippen LogP contribution in [0.3, 0.4) is 0 Å². The van der Waals surface area contributed by atoms with Crippen LogP contribution in [-0.2, 0) is 13.0 Å². The Morgan fingerprint density at radius 1 is 1.00 bits per heavy atom. The first kappa shape index (κ1) is 14.4. The lowest BCUT2D eigenvalue weighted by Gasteiger charge is -2.14. The average molecular weight is 270 g/mol. The van der Waals surface area contributed by atoms with Gasteiger partial charge in [0.15, 0.2) is 0 Å². The zero-order chi connectivity index (χ0) is 14.4. The Morgan fingerprint density at radius 2 is 1.70 bits per heavy atom. The van der Waals surface area contributed by atoms with Crippen LogP contribution in [0.4, 0.5) is 5.69 Å². The highest BCUT2D eigenvalue weighted by molar-refractivity contribution is 5.46. The first-order chi connectivity index (χ1) is 9.70. The van der Waals surface area contributed by atoms with Crippen molar-refractivity contribution in [1.29, 1.82) is 0 Å². The lowest BCUT2D eigenvalue weighted by Crippen LogP contribution is -2.08. The van der Waals surface area contributed by atoms with E-state index in [1.807, 2.05) is 32.3 Å². The quantitative estimate of drug-likeness (QED) is 0.877. The van der Waals surface area contributed by atoms with Crippen LogP contribution in [0.1, 0.15) is 11.1 Å². The van der Waals surface area contributed by atoms with Crippen molar-refractivity contribution in [3.63, 3.8) is 0 Å². The third kappa shape index (κ3) is 3.75. The summed E-state index contributed by atoms with van der Waals surface area (Å²) in [4.78, 5) is 2.08. The van der Waals surface area contributed by atoms with E-state index in [-0.39, 0.29) is 0 Å². The Morgan fingerprint density at radius 3 is 2.35 bits per heavy atom. The van der Waals surface area contributed by atoms with Crippen molar-refractivity contribution < 1.29 is 4.74 Å². The van der Waals surface area contributed by atoms with Crippen LogP contribution < -0.4 is 15.4 Å². The summed E-state index contributed by atoms with van der Waals surface area (Å²) in [6, 6.07) is 16.5. The maximum absolute atomic E-state index is 5.91. The van der Waals surface area contributed by atoms with E-state index < -0.39 is 0 Å². The van der Waals surface area contributed by atoms with Gasteiger partial charge in [-0.2, -0.15) is 0 Å². The summed E-state index contributed by atoms with van der Waals surface area (Å²) < 4.78 is 5.91. The van der Waals surface area contributed by atoms with Crippen LogP contribution in [0.25, 0.3) is 0 Å². The molecule has 0 heterocycles. The summed E-state index contributed by atoms with van der Waals surface area (Å²) >= 11 is 0. The van der Waals surface area contributed by atoms with Crippen LogP contribution >= 0.6 is 0 Å². The third-order valence-electron chi connectivity index (χ3n) is 3.23. The molecule has 0 atom stereocenters. The molecule has 0 aliphatic heterocycles. The van der Waals surface area contributed by atoms with Crippen LogP contribution in [0, 0.1) is 0 Å². The summed E-state index contributed by atoms with van der Waals surface area (Å²) in [5, 5.41) is 0. The number of nitrogens with zero attached hydrogens (tertiary/aromatic N) is 1. The van der Waals surface area contributed by atoms with E-state index in [0.717, 1.165) is 17.7 Å². The second kappa shape index (κ2) is 6.96. The molecule has 0 spiro atoms. The van der Waals surface area contributed by atoms with Gasteiger partial charge in [-0.25, -0.2) is 0 Å². The molecule has 0 saturated carbocycles. The van der Waals surface area contributed by atoms with Crippen molar-refractivity contribution >= 4 is 5.69 Å². The lowest BCUT2D eigenvalue weighted by molar-refractivity contribution is 0.303. The van der Waals surface area contributed by atoms with Crippen LogP contribution in [-0.4, -0.2) is 20.6 Å². The Hall–Kier alpha value is -2.00. The predicted molar refractivity (Wildman–Crippen MR) is 84.3 cm³/mol. The van der Waals surface area contributed by atoms with Gasteiger partial charge in [-0.05, 0) is 42.3 Å². The van der Waals surface area contributed by atoms with Crippen LogP contribution in [0.2, 0.25) is 0 Å². The molecule has 0 fully saturated rings.